The van der Waals surface area contributed by atoms with E-state index in [4.69, 9.17) is 28.8 Å². The fourth-order valence-corrected chi connectivity index (χ4v) is 7.00. The van der Waals surface area contributed by atoms with Gasteiger partial charge in [0.15, 0.2) is 0 Å². The van der Waals surface area contributed by atoms with Crippen LogP contribution in [0.15, 0.2) is 0 Å². The molecule has 0 aromatic carbocycles. The lowest BCUT2D eigenvalue weighted by molar-refractivity contribution is 0.0146. The summed E-state index contributed by atoms with van der Waals surface area (Å²) in [6, 6.07) is 0. The number of aliphatic hydroxyl groups excluding tert-OH is 1. The molecule has 1 N–H and O–H groups in total. The van der Waals surface area contributed by atoms with Crippen LogP contribution >= 0.6 is 0 Å². The number of ether oxygens (including phenoxy) is 5. The van der Waals surface area contributed by atoms with Gasteiger partial charge in [0.05, 0.1) is 33.0 Å². The number of rotatable bonds is 43. The molecule has 0 aromatic rings. The number of unbranched alkanes of at least 4 members (excludes halogenated alkanes) is 20. The van der Waals surface area contributed by atoms with Gasteiger partial charge < -0.3 is 33.7 Å². The minimum Gasteiger partial charge on any atom is -0.434 e. The molecule has 0 aliphatic heterocycles. The highest BCUT2D eigenvalue weighted by Crippen LogP contribution is 2.19. The number of carbonyl (C=O) groups is 2. The Morgan fingerprint density at radius 3 is 1.15 bits per heavy atom. The maximum Gasteiger partial charge on any atom is 0.508 e. The Kier molecular flexibility index (Phi) is 42.3. The van der Waals surface area contributed by atoms with Crippen LogP contribution in [0.4, 0.5) is 9.59 Å². The quantitative estimate of drug-likeness (QED) is 0.0478. The topological polar surface area (TPSA) is 104 Å². The first-order valence-electron chi connectivity index (χ1n) is 23.6. The minimum absolute atomic E-state index is 0.0299. The zero-order valence-corrected chi connectivity index (χ0v) is 36.8. The summed E-state index contributed by atoms with van der Waals surface area (Å²) in [4.78, 5) is 27.4. The molecule has 0 aromatic heterocycles. The maximum atomic E-state index is 12.5. The molecule has 55 heavy (non-hydrogen) atoms. The number of hydrogen-bond donors (Lipinski definition) is 1. The predicted molar refractivity (Wildman–Crippen MR) is 228 cm³/mol. The predicted octanol–water partition coefficient (Wildman–Crippen LogP) is 13.1. The summed E-state index contributed by atoms with van der Waals surface area (Å²) in [5.41, 5.74) is 0. The van der Waals surface area contributed by atoms with Crippen molar-refractivity contribution in [1.82, 2.24) is 4.90 Å². The van der Waals surface area contributed by atoms with Crippen LogP contribution in [0.25, 0.3) is 0 Å². The second-order valence-corrected chi connectivity index (χ2v) is 15.8. The zero-order chi connectivity index (χ0) is 40.3. The van der Waals surface area contributed by atoms with Crippen molar-refractivity contribution in [3.63, 3.8) is 0 Å². The highest BCUT2D eigenvalue weighted by Gasteiger charge is 2.17. The van der Waals surface area contributed by atoms with Gasteiger partial charge in [0.25, 0.3) is 0 Å². The molecule has 0 spiro atoms. The van der Waals surface area contributed by atoms with Crippen LogP contribution in [0.1, 0.15) is 220 Å². The third-order valence-corrected chi connectivity index (χ3v) is 10.5. The van der Waals surface area contributed by atoms with Gasteiger partial charge in [-0.2, -0.15) is 0 Å². The zero-order valence-electron chi connectivity index (χ0n) is 36.8. The van der Waals surface area contributed by atoms with Crippen LogP contribution in [0.3, 0.4) is 0 Å². The molecular weight excluding hydrogens is 695 g/mol. The molecule has 0 aliphatic rings. The van der Waals surface area contributed by atoms with E-state index in [-0.39, 0.29) is 18.8 Å². The average molecular weight is 786 g/mol. The Morgan fingerprint density at radius 1 is 0.418 bits per heavy atom. The van der Waals surface area contributed by atoms with Crippen LogP contribution in [0.2, 0.25) is 0 Å². The molecule has 0 heterocycles. The van der Waals surface area contributed by atoms with Crippen LogP contribution in [0.5, 0.6) is 0 Å². The third-order valence-electron chi connectivity index (χ3n) is 10.5. The van der Waals surface area contributed by atoms with Gasteiger partial charge in [0.1, 0.15) is 12.2 Å². The van der Waals surface area contributed by atoms with Crippen molar-refractivity contribution in [2.45, 2.75) is 233 Å². The Labute approximate surface area is 340 Å². The van der Waals surface area contributed by atoms with Gasteiger partial charge >= 0.3 is 12.3 Å². The van der Waals surface area contributed by atoms with Gasteiger partial charge in [0.2, 0.25) is 0 Å². The van der Waals surface area contributed by atoms with E-state index in [9.17, 15) is 9.59 Å². The van der Waals surface area contributed by atoms with Crippen molar-refractivity contribution >= 4 is 12.3 Å². The molecule has 0 fully saturated rings. The first-order chi connectivity index (χ1) is 27.0. The summed E-state index contributed by atoms with van der Waals surface area (Å²) in [7, 11) is 0. The second kappa shape index (κ2) is 43.5. The lowest BCUT2D eigenvalue weighted by Gasteiger charge is -2.22. The summed E-state index contributed by atoms with van der Waals surface area (Å²) in [6.07, 6.45) is 32.5. The summed E-state index contributed by atoms with van der Waals surface area (Å²) in [5.74, 6) is 0. The molecule has 0 amide bonds. The van der Waals surface area contributed by atoms with Gasteiger partial charge in [0, 0.05) is 6.54 Å². The fourth-order valence-electron chi connectivity index (χ4n) is 7.00. The van der Waals surface area contributed by atoms with Crippen LogP contribution in [0, 0.1) is 0 Å². The van der Waals surface area contributed by atoms with Gasteiger partial charge in [-0.1, -0.05) is 130 Å². The summed E-state index contributed by atoms with van der Waals surface area (Å²) >= 11 is 0. The largest absolute Gasteiger partial charge is 0.508 e. The van der Waals surface area contributed by atoms with Crippen LogP contribution in [-0.2, 0) is 23.7 Å². The van der Waals surface area contributed by atoms with Gasteiger partial charge in [-0.15, -0.1) is 0 Å². The molecular formula is C46H91NO8. The Morgan fingerprint density at radius 2 is 0.764 bits per heavy atom. The van der Waals surface area contributed by atoms with Crippen molar-refractivity contribution < 1.29 is 38.4 Å². The minimum atomic E-state index is -0.512. The Bertz CT molecular complexity index is 742. The number of hydrogen-bond acceptors (Lipinski definition) is 9. The van der Waals surface area contributed by atoms with E-state index in [1.165, 1.54) is 103 Å². The standard InChI is InChI=1S/C46H91NO8/c1-5-9-13-17-19-25-33-43(31-23-15-11-7-3)54-45(49)52-39-29-21-27-35-47(37-41-51-42-38-48)36-28-22-30-40-53-46(50)55-44(32-24-16-12-8-4)34-26-20-18-14-10-6-2/h43-44,48H,5-42H2,1-4H3. The highest BCUT2D eigenvalue weighted by atomic mass is 16.7. The molecule has 2 atom stereocenters. The van der Waals surface area contributed by atoms with Gasteiger partial charge in [-0.25, -0.2) is 9.59 Å². The first kappa shape index (κ1) is 53.4. The van der Waals surface area contributed by atoms with E-state index in [0.29, 0.717) is 26.4 Å². The van der Waals surface area contributed by atoms with Gasteiger partial charge in [-0.05, 0) is 103 Å². The van der Waals surface area contributed by atoms with Crippen molar-refractivity contribution in [3.8, 4) is 0 Å². The van der Waals surface area contributed by atoms with E-state index < -0.39 is 12.3 Å². The molecule has 0 saturated carbocycles. The second-order valence-electron chi connectivity index (χ2n) is 15.8. The smallest absolute Gasteiger partial charge is 0.434 e. The lowest BCUT2D eigenvalue weighted by Crippen LogP contribution is -2.30. The van der Waals surface area contributed by atoms with Crippen molar-refractivity contribution in [2.24, 2.45) is 0 Å². The molecule has 0 bridgehead atoms. The normalized spacial score (nSPS) is 12.5. The van der Waals surface area contributed by atoms with Gasteiger partial charge in [-0.3, -0.25) is 0 Å². The van der Waals surface area contributed by atoms with Crippen LogP contribution < -0.4 is 0 Å². The number of aliphatic hydroxyl groups is 1. The van der Waals surface area contributed by atoms with E-state index in [2.05, 4.69) is 32.6 Å². The summed E-state index contributed by atoms with van der Waals surface area (Å²) < 4.78 is 28.1. The van der Waals surface area contributed by atoms with E-state index in [1.807, 2.05) is 0 Å². The van der Waals surface area contributed by atoms with E-state index in [0.717, 1.165) is 110 Å². The highest BCUT2D eigenvalue weighted by molar-refractivity contribution is 5.60. The van der Waals surface area contributed by atoms with Crippen molar-refractivity contribution in [2.75, 3.05) is 52.7 Å². The number of nitrogens with zero attached hydrogens (tertiary/aromatic N) is 1. The van der Waals surface area contributed by atoms with Crippen molar-refractivity contribution in [3.05, 3.63) is 0 Å². The Hall–Kier alpha value is -1.58. The SMILES string of the molecule is CCCCCCCCC(CCCCCC)OC(=O)OCCCCCN(CCCCCOC(=O)OC(CCCCCC)CCCCCCCC)CCOCCO. The first-order valence-corrected chi connectivity index (χ1v) is 23.6. The Balaban J connectivity index is 4.44. The molecule has 9 heteroatoms. The van der Waals surface area contributed by atoms with Crippen LogP contribution in [-0.4, -0.2) is 87.2 Å². The molecule has 0 radical (unpaired) electrons. The molecule has 0 aliphatic carbocycles. The fraction of sp³-hybridized carbons (Fsp3) is 0.957. The van der Waals surface area contributed by atoms with Crippen molar-refractivity contribution in [1.29, 1.82) is 0 Å². The molecule has 0 saturated heterocycles. The summed E-state index contributed by atoms with van der Waals surface area (Å²) in [6.45, 7) is 13.3. The molecule has 328 valence electrons. The van der Waals surface area contributed by atoms with E-state index in [1.54, 1.807) is 0 Å². The monoisotopic (exact) mass is 786 g/mol. The average Bonchev–Trinajstić information content (AvgIpc) is 3.18. The number of carbonyl (C=O) groups excluding carboxylic acids is 2. The third kappa shape index (κ3) is 39.0. The summed E-state index contributed by atoms with van der Waals surface area (Å²) in [5, 5.41) is 9.09. The molecule has 2 unspecified atom stereocenters. The van der Waals surface area contributed by atoms with E-state index >= 15 is 0 Å². The molecule has 0 rings (SSSR count). The maximum absolute atomic E-state index is 12.5. The lowest BCUT2D eigenvalue weighted by atomic mass is 10.0. The molecule has 9 nitrogen and oxygen atoms in total.